The van der Waals surface area contributed by atoms with E-state index in [2.05, 4.69) is 33.0 Å². The Hall–Kier alpha value is -0.980. The van der Waals surface area contributed by atoms with Gasteiger partial charge in [-0.05, 0) is 94.0 Å². The van der Waals surface area contributed by atoms with Gasteiger partial charge in [-0.25, -0.2) is 0 Å². The average molecular weight is 515 g/mol. The first-order valence-corrected chi connectivity index (χ1v) is 15.3. The van der Waals surface area contributed by atoms with Crippen molar-refractivity contribution >= 4 is 11.7 Å². The topological polar surface area (TPSA) is 67.9 Å². The standard InChI is InChI=1S/C31H50N2O4/c1-18-9-12-31(36-17-18)19(2)28-25(37-31)14-24-22-8-7-20-13-21(32-27(35)16-33(5)6)10-11-29(20,3)23(22)15-26(34)30(24,28)4/h18-25,28H,7-17H2,1-6H3,(H,32,35)/t18-,19+,20+,21+,22-,23+,24+,25+,28+,29+,30-,31-/m1/s1. The highest BCUT2D eigenvalue weighted by Gasteiger charge is 2.71. The highest BCUT2D eigenvalue weighted by Crippen LogP contribution is 2.70. The maximum atomic E-state index is 14.2. The monoisotopic (exact) mass is 514 g/mol. The number of carbonyl (C=O) groups excluding carboxylic acids is 2. The molecular weight excluding hydrogens is 464 g/mol. The van der Waals surface area contributed by atoms with E-state index in [0.29, 0.717) is 41.9 Å². The summed E-state index contributed by atoms with van der Waals surface area (Å²) < 4.78 is 13.3. The minimum Gasteiger partial charge on any atom is -0.352 e. The molecule has 6 heteroatoms. The van der Waals surface area contributed by atoms with Gasteiger partial charge in [-0.2, -0.15) is 0 Å². The summed E-state index contributed by atoms with van der Waals surface area (Å²) in [5, 5.41) is 3.31. The second-order valence-corrected chi connectivity index (χ2v) is 14.8. The van der Waals surface area contributed by atoms with Crippen molar-refractivity contribution in [1.82, 2.24) is 10.2 Å². The van der Waals surface area contributed by atoms with Crippen molar-refractivity contribution in [3.63, 3.8) is 0 Å². The first kappa shape index (κ1) is 26.3. The van der Waals surface area contributed by atoms with Crippen LogP contribution in [0.1, 0.15) is 85.5 Å². The summed E-state index contributed by atoms with van der Waals surface area (Å²) in [6, 6.07) is 0.279. The fourth-order valence-electron chi connectivity index (χ4n) is 10.6. The number of Topliss-reactive ketones (excluding diaryl/α,β-unsaturated/α-hetero) is 1. The number of carbonyl (C=O) groups is 2. The van der Waals surface area contributed by atoms with Gasteiger partial charge in [-0.1, -0.05) is 27.7 Å². The molecular formula is C31H50N2O4. The van der Waals surface area contributed by atoms with Crippen molar-refractivity contribution in [2.45, 2.75) is 103 Å². The third kappa shape index (κ3) is 3.89. The van der Waals surface area contributed by atoms with Gasteiger partial charge >= 0.3 is 0 Å². The maximum Gasteiger partial charge on any atom is 0.234 e. The van der Waals surface area contributed by atoms with Crippen molar-refractivity contribution in [2.75, 3.05) is 27.2 Å². The Labute approximate surface area is 224 Å². The number of likely N-dealkylation sites (N-methyl/N-ethyl adjacent to an activating group) is 1. The van der Waals surface area contributed by atoms with Gasteiger partial charge in [-0.3, -0.25) is 9.59 Å². The van der Waals surface area contributed by atoms with Crippen LogP contribution in [0.2, 0.25) is 0 Å². The molecule has 4 saturated carbocycles. The van der Waals surface area contributed by atoms with Crippen LogP contribution in [0.3, 0.4) is 0 Å². The van der Waals surface area contributed by atoms with Crippen molar-refractivity contribution in [2.24, 2.45) is 52.3 Å². The first-order chi connectivity index (χ1) is 17.5. The fraction of sp³-hybridized carbons (Fsp3) is 0.935. The van der Waals surface area contributed by atoms with E-state index < -0.39 is 5.79 Å². The zero-order chi connectivity index (χ0) is 26.3. The highest BCUT2D eigenvalue weighted by atomic mass is 16.7. The molecule has 0 aromatic carbocycles. The Balaban J connectivity index is 1.19. The van der Waals surface area contributed by atoms with Gasteiger partial charge in [0, 0.05) is 36.1 Å². The Morgan fingerprint density at radius 2 is 1.84 bits per heavy atom. The summed E-state index contributed by atoms with van der Waals surface area (Å²) >= 11 is 0. The second kappa shape index (κ2) is 9.02. The molecule has 2 aliphatic heterocycles. The van der Waals surface area contributed by atoms with Crippen LogP contribution >= 0.6 is 0 Å². The zero-order valence-electron chi connectivity index (χ0n) is 24.1. The number of ketones is 1. The lowest BCUT2D eigenvalue weighted by Gasteiger charge is -2.60. The van der Waals surface area contributed by atoms with Gasteiger partial charge in [0.1, 0.15) is 5.78 Å². The van der Waals surface area contributed by atoms with Gasteiger partial charge in [0.25, 0.3) is 0 Å². The minimum atomic E-state index is -0.466. The van der Waals surface area contributed by atoms with E-state index in [1.54, 1.807) is 0 Å². The number of nitrogens with one attached hydrogen (secondary N) is 1. The van der Waals surface area contributed by atoms with Crippen molar-refractivity contribution in [3.05, 3.63) is 0 Å². The molecule has 2 heterocycles. The Kier molecular flexibility index (Phi) is 6.40. The fourth-order valence-corrected chi connectivity index (χ4v) is 10.6. The maximum absolute atomic E-state index is 14.2. The van der Waals surface area contributed by atoms with Gasteiger partial charge in [-0.15, -0.1) is 0 Å². The van der Waals surface area contributed by atoms with Crippen LogP contribution in [0.5, 0.6) is 0 Å². The van der Waals surface area contributed by atoms with Gasteiger partial charge in [0.05, 0.1) is 19.3 Å². The van der Waals surface area contributed by atoms with E-state index in [0.717, 1.165) is 51.6 Å². The molecule has 0 bridgehead atoms. The largest absolute Gasteiger partial charge is 0.352 e. The van der Waals surface area contributed by atoms with Crippen LogP contribution in [0.25, 0.3) is 0 Å². The molecule has 1 amide bonds. The zero-order valence-corrected chi connectivity index (χ0v) is 24.1. The summed E-state index contributed by atoms with van der Waals surface area (Å²) in [6.45, 7) is 10.6. The number of ether oxygens (including phenoxy) is 2. The normalized spacial score (nSPS) is 52.9. The average Bonchev–Trinajstić information content (AvgIpc) is 3.28. The molecule has 6 fully saturated rings. The lowest BCUT2D eigenvalue weighted by molar-refractivity contribution is -0.272. The van der Waals surface area contributed by atoms with E-state index in [4.69, 9.17) is 9.47 Å². The number of hydrogen-bond acceptors (Lipinski definition) is 5. The van der Waals surface area contributed by atoms with Crippen LogP contribution in [0, 0.1) is 52.3 Å². The lowest BCUT2D eigenvalue weighted by Crippen LogP contribution is -2.59. The molecule has 37 heavy (non-hydrogen) atoms. The molecule has 1 N–H and O–H groups in total. The first-order valence-electron chi connectivity index (χ1n) is 15.3. The number of hydrogen-bond donors (Lipinski definition) is 1. The molecule has 2 saturated heterocycles. The second-order valence-electron chi connectivity index (χ2n) is 14.8. The summed E-state index contributed by atoms with van der Waals surface area (Å²) in [5.74, 6) is 3.45. The summed E-state index contributed by atoms with van der Waals surface area (Å²) in [5.41, 5.74) is -0.0710. The SMILES string of the molecule is C[C@@H]1CC[C@@]2(OC1)O[C@H]1C[C@H]3[C@@H]4CC[C@H]5C[C@@H](NC(=O)CN(C)C)CC[C@]5(C)[C@H]4CC(=O)[C@]3(C)[C@H]1[C@@H]2C. The highest BCUT2D eigenvalue weighted by molar-refractivity contribution is 5.87. The Morgan fingerprint density at radius 3 is 2.54 bits per heavy atom. The van der Waals surface area contributed by atoms with Crippen molar-refractivity contribution < 1.29 is 19.1 Å². The van der Waals surface area contributed by atoms with Crippen LogP contribution in [-0.4, -0.2) is 61.8 Å². The molecule has 6 aliphatic rings. The molecule has 0 unspecified atom stereocenters. The quantitative estimate of drug-likeness (QED) is 0.593. The molecule has 1 spiro atoms. The molecule has 4 aliphatic carbocycles. The van der Waals surface area contributed by atoms with Crippen LogP contribution in [-0.2, 0) is 19.1 Å². The van der Waals surface area contributed by atoms with Crippen LogP contribution in [0.15, 0.2) is 0 Å². The summed E-state index contributed by atoms with van der Waals surface area (Å²) in [7, 11) is 3.89. The number of fused-ring (bicyclic) bond motifs is 7. The Morgan fingerprint density at radius 1 is 1.05 bits per heavy atom. The third-order valence-electron chi connectivity index (χ3n) is 12.6. The lowest BCUT2D eigenvalue weighted by atomic mass is 9.44. The minimum absolute atomic E-state index is 0.136. The smallest absolute Gasteiger partial charge is 0.234 e. The van der Waals surface area contributed by atoms with Crippen LogP contribution in [0.4, 0.5) is 0 Å². The molecule has 6 nitrogen and oxygen atoms in total. The third-order valence-corrected chi connectivity index (χ3v) is 12.6. The molecule has 208 valence electrons. The van der Waals surface area contributed by atoms with Crippen molar-refractivity contribution in [1.29, 1.82) is 0 Å². The predicted molar refractivity (Wildman–Crippen MR) is 143 cm³/mol. The predicted octanol–water partition coefficient (Wildman–Crippen LogP) is 4.66. The molecule has 0 aromatic rings. The molecule has 0 aromatic heterocycles. The number of amides is 1. The van der Waals surface area contributed by atoms with E-state index in [1.165, 1.54) is 12.8 Å². The number of rotatable bonds is 3. The molecule has 6 rings (SSSR count). The van der Waals surface area contributed by atoms with Crippen molar-refractivity contribution in [3.8, 4) is 0 Å². The van der Waals surface area contributed by atoms with Gasteiger partial charge < -0.3 is 19.7 Å². The van der Waals surface area contributed by atoms with E-state index in [9.17, 15) is 9.59 Å². The van der Waals surface area contributed by atoms with E-state index in [-0.39, 0.29) is 40.7 Å². The number of nitrogens with zero attached hydrogens (tertiary/aromatic N) is 1. The molecule has 0 radical (unpaired) electrons. The Bertz CT molecular complexity index is 928. The van der Waals surface area contributed by atoms with E-state index >= 15 is 0 Å². The van der Waals surface area contributed by atoms with Gasteiger partial charge in [0.15, 0.2) is 5.79 Å². The van der Waals surface area contributed by atoms with Crippen LogP contribution < -0.4 is 5.32 Å². The summed E-state index contributed by atoms with van der Waals surface area (Å²) in [4.78, 5) is 28.6. The van der Waals surface area contributed by atoms with Gasteiger partial charge in [0.2, 0.25) is 5.91 Å². The molecule has 12 atom stereocenters. The van der Waals surface area contributed by atoms with E-state index in [1.807, 2.05) is 19.0 Å². The summed E-state index contributed by atoms with van der Waals surface area (Å²) in [6.07, 6.45) is 9.74.